The molecule has 6 nitrogen and oxygen atoms in total. The fourth-order valence-corrected chi connectivity index (χ4v) is 6.03. The molecule has 0 radical (unpaired) electrons. The smallest absolute Gasteiger partial charge is 0.256 e. The summed E-state index contributed by atoms with van der Waals surface area (Å²) in [4.78, 5) is 16.3. The van der Waals surface area contributed by atoms with Crippen molar-refractivity contribution in [2.24, 2.45) is 0 Å². The Kier molecular flexibility index (Phi) is 8.02. The molecule has 8 heteroatoms. The van der Waals surface area contributed by atoms with Crippen molar-refractivity contribution in [1.82, 2.24) is 4.31 Å². The quantitative estimate of drug-likeness (QED) is 0.578. The first-order valence-corrected chi connectivity index (χ1v) is 13.4. The number of benzene rings is 2. The summed E-state index contributed by atoms with van der Waals surface area (Å²) in [5.41, 5.74) is 1.91. The second kappa shape index (κ2) is 10.5. The van der Waals surface area contributed by atoms with Crippen LogP contribution < -0.4 is 10.2 Å². The van der Waals surface area contributed by atoms with Gasteiger partial charge in [0.15, 0.2) is 0 Å². The van der Waals surface area contributed by atoms with Gasteiger partial charge in [0, 0.05) is 31.1 Å². The van der Waals surface area contributed by atoms with E-state index in [1.807, 2.05) is 38.3 Å². The summed E-state index contributed by atoms with van der Waals surface area (Å²) >= 11 is 1.51. The Labute approximate surface area is 190 Å². The summed E-state index contributed by atoms with van der Waals surface area (Å²) in [7, 11) is -3.59. The average molecular weight is 462 g/mol. The predicted molar refractivity (Wildman–Crippen MR) is 129 cm³/mol. The van der Waals surface area contributed by atoms with Gasteiger partial charge < -0.3 is 10.2 Å². The molecule has 1 fully saturated rings. The van der Waals surface area contributed by atoms with Gasteiger partial charge in [0.25, 0.3) is 5.91 Å². The van der Waals surface area contributed by atoms with E-state index in [2.05, 4.69) is 10.2 Å². The van der Waals surface area contributed by atoms with Crippen LogP contribution in [0.4, 0.5) is 11.4 Å². The van der Waals surface area contributed by atoms with Gasteiger partial charge >= 0.3 is 0 Å². The van der Waals surface area contributed by atoms with Gasteiger partial charge in [-0.3, -0.25) is 4.79 Å². The van der Waals surface area contributed by atoms with Crippen molar-refractivity contribution >= 4 is 39.1 Å². The van der Waals surface area contributed by atoms with Gasteiger partial charge in [-0.05, 0) is 63.3 Å². The first-order chi connectivity index (χ1) is 14.9. The van der Waals surface area contributed by atoms with Crippen LogP contribution in [0.3, 0.4) is 0 Å². The highest BCUT2D eigenvalue weighted by atomic mass is 32.2. The molecule has 0 bridgehead atoms. The molecule has 2 aromatic carbocycles. The summed E-state index contributed by atoms with van der Waals surface area (Å²) in [6.07, 6.45) is 4.75. The van der Waals surface area contributed by atoms with Gasteiger partial charge in [0.05, 0.1) is 21.8 Å². The number of hydrogen-bond donors (Lipinski definition) is 1. The lowest BCUT2D eigenvalue weighted by Gasteiger charge is -2.28. The second-order valence-electron chi connectivity index (χ2n) is 7.47. The maximum Gasteiger partial charge on any atom is 0.256 e. The van der Waals surface area contributed by atoms with Crippen LogP contribution in [0, 0.1) is 0 Å². The number of hydrogen-bond acceptors (Lipinski definition) is 5. The molecule has 0 aromatic heterocycles. The van der Waals surface area contributed by atoms with E-state index in [1.165, 1.54) is 11.8 Å². The van der Waals surface area contributed by atoms with E-state index in [9.17, 15) is 13.2 Å². The number of nitrogens with zero attached hydrogens (tertiary/aromatic N) is 2. The highest BCUT2D eigenvalue weighted by Crippen LogP contribution is 2.32. The molecule has 0 spiro atoms. The Morgan fingerprint density at radius 1 is 1.06 bits per heavy atom. The van der Waals surface area contributed by atoms with Gasteiger partial charge in [-0.25, -0.2) is 8.42 Å². The molecule has 3 rings (SSSR count). The maximum absolute atomic E-state index is 13.2. The van der Waals surface area contributed by atoms with Crippen molar-refractivity contribution in [1.29, 1.82) is 0 Å². The SMILES string of the molecule is CCN(CC)c1ccc(S(=O)(=O)N2CCCCC2)cc1NC(=O)c1ccccc1SC. The number of sulfonamides is 1. The Balaban J connectivity index is 2.01. The fourth-order valence-electron chi connectivity index (χ4n) is 3.89. The van der Waals surface area contributed by atoms with Crippen molar-refractivity contribution in [3.63, 3.8) is 0 Å². The zero-order valence-corrected chi connectivity index (χ0v) is 20.1. The van der Waals surface area contributed by atoms with Crippen molar-refractivity contribution < 1.29 is 13.2 Å². The van der Waals surface area contributed by atoms with Crippen LogP contribution in [0.25, 0.3) is 0 Å². The van der Waals surface area contributed by atoms with Crippen LogP contribution in [0.15, 0.2) is 52.3 Å². The number of rotatable bonds is 8. The molecule has 1 saturated heterocycles. The second-order valence-corrected chi connectivity index (χ2v) is 10.3. The number of anilines is 2. The highest BCUT2D eigenvalue weighted by molar-refractivity contribution is 7.98. The molecule has 1 N–H and O–H groups in total. The molecule has 31 heavy (non-hydrogen) atoms. The maximum atomic E-state index is 13.2. The van der Waals surface area contributed by atoms with Crippen molar-refractivity contribution in [2.75, 3.05) is 42.7 Å². The topological polar surface area (TPSA) is 69.7 Å². The Morgan fingerprint density at radius 3 is 2.39 bits per heavy atom. The average Bonchev–Trinajstić information content (AvgIpc) is 2.81. The Morgan fingerprint density at radius 2 is 1.74 bits per heavy atom. The Bertz CT molecular complexity index is 1010. The van der Waals surface area contributed by atoms with Gasteiger partial charge in [0.2, 0.25) is 10.0 Å². The van der Waals surface area contributed by atoms with E-state index in [0.29, 0.717) is 24.3 Å². The largest absolute Gasteiger partial charge is 0.370 e. The highest BCUT2D eigenvalue weighted by Gasteiger charge is 2.27. The monoisotopic (exact) mass is 461 g/mol. The van der Waals surface area contributed by atoms with E-state index in [0.717, 1.165) is 42.9 Å². The molecule has 0 saturated carbocycles. The number of piperidine rings is 1. The first kappa shape index (κ1) is 23.6. The molecule has 1 amide bonds. The lowest BCUT2D eigenvalue weighted by molar-refractivity contribution is 0.102. The van der Waals surface area contributed by atoms with Crippen molar-refractivity contribution in [3.05, 3.63) is 48.0 Å². The van der Waals surface area contributed by atoms with E-state index >= 15 is 0 Å². The lowest BCUT2D eigenvalue weighted by atomic mass is 10.2. The summed E-state index contributed by atoms with van der Waals surface area (Å²) in [6.45, 7) is 6.66. The van der Waals surface area contributed by atoms with Gasteiger partial charge in [-0.15, -0.1) is 11.8 Å². The molecule has 1 heterocycles. The van der Waals surface area contributed by atoms with Crippen LogP contribution in [-0.2, 0) is 10.0 Å². The lowest BCUT2D eigenvalue weighted by Crippen LogP contribution is -2.35. The van der Waals surface area contributed by atoms with Crippen LogP contribution in [0.2, 0.25) is 0 Å². The van der Waals surface area contributed by atoms with Gasteiger partial charge in [-0.1, -0.05) is 18.6 Å². The standard InChI is InChI=1S/C23H31N3O3S2/c1-4-25(5-2)21-14-13-18(31(28,29)26-15-9-6-10-16-26)17-20(21)24-23(27)19-11-7-8-12-22(19)30-3/h7-8,11-14,17H,4-6,9-10,15-16H2,1-3H3,(H,24,27). The fraction of sp³-hybridized carbons (Fsp3) is 0.435. The molecule has 0 atom stereocenters. The Hall–Kier alpha value is -2.03. The molecule has 168 valence electrons. The molecule has 2 aromatic rings. The van der Waals surface area contributed by atoms with Crippen LogP contribution >= 0.6 is 11.8 Å². The number of thioether (sulfide) groups is 1. The van der Waals surface area contributed by atoms with E-state index < -0.39 is 10.0 Å². The number of carbonyl (C=O) groups excluding carboxylic acids is 1. The zero-order valence-electron chi connectivity index (χ0n) is 18.4. The molecule has 0 aliphatic carbocycles. The summed E-state index contributed by atoms with van der Waals surface area (Å²) in [5.74, 6) is -0.245. The summed E-state index contributed by atoms with van der Waals surface area (Å²) in [5, 5.41) is 2.99. The van der Waals surface area contributed by atoms with Gasteiger partial charge in [0.1, 0.15) is 0 Å². The molecule has 0 unspecified atom stereocenters. The third-order valence-corrected chi connectivity index (χ3v) is 8.32. The molecule has 1 aliphatic rings. The minimum Gasteiger partial charge on any atom is -0.370 e. The number of amides is 1. The third kappa shape index (κ3) is 5.25. The van der Waals surface area contributed by atoms with E-state index in [1.54, 1.807) is 28.6 Å². The molecular weight excluding hydrogens is 430 g/mol. The van der Waals surface area contributed by atoms with Crippen LogP contribution in [0.1, 0.15) is 43.5 Å². The summed E-state index contributed by atoms with van der Waals surface area (Å²) < 4.78 is 28.0. The minimum absolute atomic E-state index is 0.221. The van der Waals surface area contributed by atoms with Crippen molar-refractivity contribution in [3.8, 4) is 0 Å². The van der Waals surface area contributed by atoms with E-state index in [4.69, 9.17) is 0 Å². The normalized spacial score (nSPS) is 14.9. The number of nitrogens with one attached hydrogen (secondary N) is 1. The van der Waals surface area contributed by atoms with Gasteiger partial charge in [-0.2, -0.15) is 4.31 Å². The van der Waals surface area contributed by atoms with Crippen molar-refractivity contribution in [2.45, 2.75) is 42.9 Å². The zero-order chi connectivity index (χ0) is 22.4. The predicted octanol–water partition coefficient (Wildman–Crippen LogP) is 4.68. The van der Waals surface area contributed by atoms with E-state index in [-0.39, 0.29) is 10.8 Å². The molecular formula is C23H31N3O3S2. The number of carbonyl (C=O) groups is 1. The minimum atomic E-state index is -3.59. The summed E-state index contributed by atoms with van der Waals surface area (Å²) in [6, 6.07) is 12.5. The van der Waals surface area contributed by atoms with Crippen LogP contribution in [0.5, 0.6) is 0 Å². The van der Waals surface area contributed by atoms with Crippen LogP contribution in [-0.4, -0.2) is 51.1 Å². The third-order valence-electron chi connectivity index (χ3n) is 5.62. The molecule has 1 aliphatic heterocycles. The first-order valence-electron chi connectivity index (χ1n) is 10.8.